The van der Waals surface area contributed by atoms with Crippen molar-refractivity contribution in [2.45, 2.75) is 140 Å². The number of carbonyl (C=O) groups excluding carboxylic acids is 9. The molecule has 71 heavy (non-hydrogen) atoms. The molecule has 0 spiro atoms. The number of guanidine groups is 1. The van der Waals surface area contributed by atoms with E-state index in [-0.39, 0.29) is 83.4 Å². The number of benzene rings is 2. The number of nitrogens with two attached hydrogens (primary N) is 3. The van der Waals surface area contributed by atoms with E-state index in [1.807, 2.05) is 31.2 Å². The van der Waals surface area contributed by atoms with E-state index >= 15 is 0 Å². The van der Waals surface area contributed by atoms with Crippen molar-refractivity contribution in [2.24, 2.45) is 22.2 Å². The van der Waals surface area contributed by atoms with Crippen molar-refractivity contribution in [1.82, 2.24) is 47.1 Å². The number of aromatic nitrogens is 1. The van der Waals surface area contributed by atoms with E-state index in [1.165, 1.54) is 11.8 Å². The molecule has 0 unspecified atom stereocenters. The molecule has 2 aliphatic rings. The quantitative estimate of drug-likeness (QED) is 0.0456. The molecule has 3 heterocycles. The Kier molecular flexibility index (Phi) is 20.7. The highest BCUT2D eigenvalue weighted by Crippen LogP contribution is 2.22. The molecule has 2 fully saturated rings. The molecule has 0 bridgehead atoms. The lowest BCUT2D eigenvalue weighted by Crippen LogP contribution is -2.60. The second-order valence-corrected chi connectivity index (χ2v) is 18.0. The van der Waals surface area contributed by atoms with Crippen molar-refractivity contribution in [2.75, 3.05) is 19.6 Å². The lowest BCUT2D eigenvalue weighted by molar-refractivity contribution is -0.143. The summed E-state index contributed by atoms with van der Waals surface area (Å²) in [5.41, 5.74) is 19.1. The van der Waals surface area contributed by atoms with Gasteiger partial charge in [0.05, 0.1) is 0 Å². The van der Waals surface area contributed by atoms with Crippen LogP contribution >= 0.6 is 0 Å². The van der Waals surface area contributed by atoms with Gasteiger partial charge < -0.3 is 64.3 Å². The molecule has 384 valence electrons. The number of hydrogen-bond donors (Lipinski definition) is 11. The van der Waals surface area contributed by atoms with E-state index < -0.39 is 95.5 Å². The van der Waals surface area contributed by atoms with Crippen molar-refractivity contribution in [1.29, 1.82) is 0 Å². The highest BCUT2D eigenvalue weighted by molar-refractivity contribution is 5.98. The molecule has 0 aliphatic carbocycles. The zero-order valence-electron chi connectivity index (χ0n) is 40.4. The number of rotatable bonds is 17. The van der Waals surface area contributed by atoms with Crippen LogP contribution in [0.25, 0.3) is 10.9 Å². The molecule has 22 heteroatoms. The van der Waals surface area contributed by atoms with Crippen LogP contribution in [-0.4, -0.2) is 131 Å². The third-order valence-electron chi connectivity index (χ3n) is 12.5. The molecule has 0 saturated carbocycles. The average molecular weight is 984 g/mol. The van der Waals surface area contributed by atoms with E-state index in [2.05, 4.69) is 47.2 Å². The molecular weight excluding hydrogens is 915 g/mol. The van der Waals surface area contributed by atoms with Crippen LogP contribution in [-0.2, 0) is 56.0 Å². The molecule has 3 aromatic rings. The molecule has 22 nitrogen and oxygen atoms in total. The second kappa shape index (κ2) is 27.0. The van der Waals surface area contributed by atoms with Gasteiger partial charge in [-0.1, -0.05) is 68.3 Å². The first kappa shape index (κ1) is 54.4. The number of unbranched alkanes of at least 4 members (excludes halogenated alkanes) is 1. The van der Waals surface area contributed by atoms with Gasteiger partial charge in [0.25, 0.3) is 0 Å². The molecular formula is C49H69N13O9. The standard InChI is InChI=1S/C49H69N13O9/c1-3-4-16-34(56-29(2)63)43(66)59-37-21-22-41(64)53-23-10-18-36(45(68)60-38(42(50)65)27-31-28-55-33-17-9-8-15-32(31)33)57-44(67)35(19-11-24-54-49(51)52)58-46(69)39(26-30-13-6-5-7-14-30)61-47(70)40-20-12-25-62(40)48(37)71/h5-9,13-15,17,28,34-40,55H,3-4,10-12,16,18-27H2,1-2H3,(H2,50,65)(H,53,64)(H,56,63)(H,57,67)(H,58,69)(H,59,66)(H,60,68)(H,61,70)(H4,51,52,54)/t34-,35-,36-,37-,38-,39+,40+/m0/s1. The van der Waals surface area contributed by atoms with Crippen LogP contribution in [0.5, 0.6) is 0 Å². The van der Waals surface area contributed by atoms with Gasteiger partial charge in [0.15, 0.2) is 5.96 Å². The molecule has 1 aromatic heterocycles. The van der Waals surface area contributed by atoms with Gasteiger partial charge >= 0.3 is 0 Å². The van der Waals surface area contributed by atoms with Crippen molar-refractivity contribution >= 4 is 70.0 Å². The Bertz CT molecular complexity index is 2390. The van der Waals surface area contributed by atoms with E-state index in [0.29, 0.717) is 30.4 Å². The fraction of sp³-hybridized carbons (Fsp3) is 0.510. The van der Waals surface area contributed by atoms with Gasteiger partial charge in [0.2, 0.25) is 53.2 Å². The van der Waals surface area contributed by atoms with Crippen molar-refractivity contribution in [3.63, 3.8) is 0 Å². The lowest BCUT2D eigenvalue weighted by atomic mass is 10.0. The molecule has 0 radical (unpaired) electrons. The second-order valence-electron chi connectivity index (χ2n) is 18.0. The van der Waals surface area contributed by atoms with Crippen LogP contribution in [0, 0.1) is 0 Å². The van der Waals surface area contributed by atoms with Crippen LogP contribution < -0.4 is 54.4 Å². The van der Waals surface area contributed by atoms with Gasteiger partial charge in [-0.25, -0.2) is 0 Å². The average Bonchev–Trinajstić information content (AvgIpc) is 4.00. The summed E-state index contributed by atoms with van der Waals surface area (Å²) in [6.45, 7) is 3.45. The zero-order valence-corrected chi connectivity index (χ0v) is 40.4. The van der Waals surface area contributed by atoms with Crippen molar-refractivity contribution in [3.05, 3.63) is 71.9 Å². The van der Waals surface area contributed by atoms with Crippen LogP contribution in [0.4, 0.5) is 0 Å². The number of H-pyrrole nitrogens is 1. The molecule has 2 saturated heterocycles. The van der Waals surface area contributed by atoms with Crippen molar-refractivity contribution in [3.8, 4) is 0 Å². The summed E-state index contributed by atoms with van der Waals surface area (Å²) < 4.78 is 0. The number of hydrogen-bond acceptors (Lipinski definition) is 10. The summed E-state index contributed by atoms with van der Waals surface area (Å²) in [4.78, 5) is 133. The van der Waals surface area contributed by atoms with Crippen LogP contribution in [0.15, 0.2) is 65.8 Å². The van der Waals surface area contributed by atoms with E-state index in [1.54, 1.807) is 36.5 Å². The molecule has 2 aromatic carbocycles. The maximum absolute atomic E-state index is 14.5. The molecule has 7 atom stereocenters. The van der Waals surface area contributed by atoms with Gasteiger partial charge in [-0.2, -0.15) is 0 Å². The van der Waals surface area contributed by atoms with E-state index in [4.69, 9.17) is 17.2 Å². The number of aromatic amines is 1. The number of amides is 9. The third-order valence-corrected chi connectivity index (χ3v) is 12.5. The highest BCUT2D eigenvalue weighted by Gasteiger charge is 2.40. The zero-order chi connectivity index (χ0) is 51.5. The summed E-state index contributed by atoms with van der Waals surface area (Å²) in [7, 11) is 0. The first-order valence-corrected chi connectivity index (χ1v) is 24.3. The highest BCUT2D eigenvalue weighted by atomic mass is 16.2. The number of para-hydroxylation sites is 1. The number of nitrogens with one attached hydrogen (secondary N) is 8. The minimum atomic E-state index is -1.32. The Morgan fingerprint density at radius 3 is 2.25 bits per heavy atom. The number of fused-ring (bicyclic) bond motifs is 2. The summed E-state index contributed by atoms with van der Waals surface area (Å²) in [6.07, 6.45) is 3.83. The Balaban J connectivity index is 1.48. The molecule has 14 N–H and O–H groups in total. The summed E-state index contributed by atoms with van der Waals surface area (Å²) in [5.74, 6) is -6.12. The number of aliphatic imine (C=N–C) groups is 1. The molecule has 9 amide bonds. The molecule has 2 aliphatic heterocycles. The van der Waals surface area contributed by atoms with Gasteiger partial charge in [-0.15, -0.1) is 0 Å². The monoisotopic (exact) mass is 984 g/mol. The Morgan fingerprint density at radius 1 is 0.817 bits per heavy atom. The summed E-state index contributed by atoms with van der Waals surface area (Å²) in [6, 6.07) is 7.82. The Morgan fingerprint density at radius 2 is 1.54 bits per heavy atom. The Hall–Kier alpha value is -7.52. The third kappa shape index (κ3) is 16.6. The van der Waals surface area contributed by atoms with Gasteiger partial charge in [-0.3, -0.25) is 48.1 Å². The van der Waals surface area contributed by atoms with Crippen molar-refractivity contribution < 1.29 is 43.2 Å². The summed E-state index contributed by atoms with van der Waals surface area (Å²) in [5, 5.41) is 20.0. The minimum absolute atomic E-state index is 0.00782. The van der Waals surface area contributed by atoms with Gasteiger partial charge in [0.1, 0.15) is 42.3 Å². The SMILES string of the molecule is CCCC[C@H](NC(C)=O)C(=O)N[C@H]1CCC(=O)NCCC[C@@H](C(=O)N[C@@H](Cc2c[nH]c3ccccc23)C(N)=O)NC(=O)[C@H](CCCN=C(N)N)NC(=O)[C@@H](Cc2ccccc2)NC(=O)[C@H]2CCCN2C1=O. The van der Waals surface area contributed by atoms with E-state index in [0.717, 1.165) is 17.3 Å². The minimum Gasteiger partial charge on any atom is -0.370 e. The number of primary amides is 1. The summed E-state index contributed by atoms with van der Waals surface area (Å²) >= 11 is 0. The molecule has 5 rings (SSSR count). The van der Waals surface area contributed by atoms with Crippen LogP contribution in [0.3, 0.4) is 0 Å². The first-order valence-electron chi connectivity index (χ1n) is 24.3. The lowest BCUT2D eigenvalue weighted by Gasteiger charge is -2.31. The number of nitrogens with zero attached hydrogens (tertiary/aromatic N) is 2. The van der Waals surface area contributed by atoms with Gasteiger partial charge in [0, 0.05) is 62.9 Å². The predicted molar refractivity (Wildman–Crippen MR) is 264 cm³/mol. The maximum atomic E-state index is 14.5. The predicted octanol–water partition coefficient (Wildman–Crippen LogP) is -0.708. The Labute approximate surface area is 412 Å². The first-order chi connectivity index (χ1) is 34.0. The van der Waals surface area contributed by atoms with Crippen LogP contribution in [0.1, 0.15) is 95.6 Å². The van der Waals surface area contributed by atoms with Crippen LogP contribution in [0.2, 0.25) is 0 Å². The fourth-order valence-corrected chi connectivity index (χ4v) is 8.78. The fourth-order valence-electron chi connectivity index (χ4n) is 8.78. The van der Waals surface area contributed by atoms with E-state index in [9.17, 15) is 43.2 Å². The number of carbonyl (C=O) groups is 9. The maximum Gasteiger partial charge on any atom is 0.245 e. The smallest absolute Gasteiger partial charge is 0.245 e. The topological polar surface area (TPSA) is 347 Å². The largest absolute Gasteiger partial charge is 0.370 e. The van der Waals surface area contributed by atoms with Gasteiger partial charge in [-0.05, 0) is 68.6 Å². The normalized spacial score (nSPS) is 21.5.